The highest BCUT2D eigenvalue weighted by Crippen LogP contribution is 2.33. The zero-order valence-corrected chi connectivity index (χ0v) is 13.8. The third-order valence-corrected chi connectivity index (χ3v) is 6.15. The monoisotopic (exact) mass is 311 g/mol. The summed E-state index contributed by atoms with van der Waals surface area (Å²) in [5.74, 6) is 0.471. The van der Waals surface area contributed by atoms with Crippen molar-refractivity contribution in [3.63, 3.8) is 0 Å². The van der Waals surface area contributed by atoms with E-state index < -0.39 is 10.0 Å². The molecule has 1 aliphatic rings. The van der Waals surface area contributed by atoms with Crippen LogP contribution in [0.5, 0.6) is 0 Å². The Labute approximate surface area is 127 Å². The second-order valence-electron chi connectivity index (χ2n) is 5.87. The number of para-hydroxylation sites is 1. The average molecular weight is 311 g/mol. The summed E-state index contributed by atoms with van der Waals surface area (Å²) in [5.41, 5.74) is 6.71. The second kappa shape index (κ2) is 6.34. The minimum absolute atomic E-state index is 0.192. The Morgan fingerprint density at radius 1 is 1.33 bits per heavy atom. The molecule has 2 N–H and O–H groups in total. The van der Waals surface area contributed by atoms with Crippen LogP contribution in [0.15, 0.2) is 29.2 Å². The van der Waals surface area contributed by atoms with E-state index in [-0.39, 0.29) is 6.04 Å². The van der Waals surface area contributed by atoms with Gasteiger partial charge in [0.05, 0.1) is 5.69 Å². The van der Waals surface area contributed by atoms with E-state index in [9.17, 15) is 8.42 Å². The summed E-state index contributed by atoms with van der Waals surface area (Å²) < 4.78 is 26.3. The number of hydrogen-bond acceptors (Lipinski definition) is 4. The van der Waals surface area contributed by atoms with Crippen molar-refractivity contribution < 1.29 is 8.42 Å². The molecule has 1 heterocycles. The van der Waals surface area contributed by atoms with Crippen molar-refractivity contribution in [2.24, 2.45) is 11.7 Å². The molecule has 1 aromatic rings. The molecule has 6 heteroatoms. The summed E-state index contributed by atoms with van der Waals surface area (Å²) in [7, 11) is -0.333. The third-order valence-electron chi connectivity index (χ3n) is 4.29. The molecule has 5 nitrogen and oxygen atoms in total. The fraction of sp³-hybridized carbons (Fsp3) is 0.600. The van der Waals surface area contributed by atoms with Crippen LogP contribution in [0.25, 0.3) is 0 Å². The van der Waals surface area contributed by atoms with Gasteiger partial charge in [0, 0.05) is 33.2 Å². The molecular formula is C15H25N3O2S. The van der Waals surface area contributed by atoms with Gasteiger partial charge >= 0.3 is 0 Å². The molecule has 118 valence electrons. The smallest absolute Gasteiger partial charge is 0.244 e. The van der Waals surface area contributed by atoms with Gasteiger partial charge in [0.1, 0.15) is 4.90 Å². The molecule has 0 radical (unpaired) electrons. The first-order valence-electron chi connectivity index (χ1n) is 7.38. The molecule has 0 spiro atoms. The predicted octanol–water partition coefficient (Wildman–Crippen LogP) is 1.50. The van der Waals surface area contributed by atoms with E-state index in [2.05, 4.69) is 11.8 Å². The number of sulfonamides is 1. The van der Waals surface area contributed by atoms with Crippen LogP contribution in [0.4, 0.5) is 5.69 Å². The van der Waals surface area contributed by atoms with Crippen LogP contribution in [-0.2, 0) is 10.0 Å². The summed E-state index contributed by atoms with van der Waals surface area (Å²) in [6, 6.07) is 7.41. The summed E-state index contributed by atoms with van der Waals surface area (Å²) >= 11 is 0. The number of rotatable bonds is 4. The van der Waals surface area contributed by atoms with E-state index in [4.69, 9.17) is 5.73 Å². The van der Waals surface area contributed by atoms with E-state index in [1.807, 2.05) is 12.1 Å². The molecule has 21 heavy (non-hydrogen) atoms. The summed E-state index contributed by atoms with van der Waals surface area (Å²) in [5, 5.41) is 0. The minimum atomic E-state index is -3.46. The summed E-state index contributed by atoms with van der Waals surface area (Å²) in [6.45, 7) is 3.58. The van der Waals surface area contributed by atoms with Gasteiger partial charge in [-0.1, -0.05) is 19.1 Å². The van der Waals surface area contributed by atoms with Crippen LogP contribution in [0.3, 0.4) is 0 Å². The van der Waals surface area contributed by atoms with Gasteiger partial charge in [-0.25, -0.2) is 12.7 Å². The molecule has 0 aromatic heterocycles. The Morgan fingerprint density at radius 2 is 2.00 bits per heavy atom. The van der Waals surface area contributed by atoms with E-state index in [1.54, 1.807) is 26.2 Å². The fourth-order valence-electron chi connectivity index (χ4n) is 3.02. The van der Waals surface area contributed by atoms with Gasteiger partial charge < -0.3 is 10.6 Å². The number of hydrogen-bond donors (Lipinski definition) is 1. The predicted molar refractivity (Wildman–Crippen MR) is 85.9 cm³/mol. The van der Waals surface area contributed by atoms with Crippen molar-refractivity contribution in [2.75, 3.05) is 32.1 Å². The lowest BCUT2D eigenvalue weighted by Crippen LogP contribution is -2.49. The highest BCUT2D eigenvalue weighted by atomic mass is 32.2. The summed E-state index contributed by atoms with van der Waals surface area (Å²) in [6.07, 6.45) is 2.20. The van der Waals surface area contributed by atoms with Gasteiger partial charge in [0.15, 0.2) is 0 Å². The van der Waals surface area contributed by atoms with Gasteiger partial charge in [0.25, 0.3) is 0 Å². The van der Waals surface area contributed by atoms with E-state index in [0.29, 0.717) is 17.4 Å². The van der Waals surface area contributed by atoms with Crippen LogP contribution in [-0.4, -0.2) is 45.9 Å². The lowest BCUT2D eigenvalue weighted by molar-refractivity contribution is 0.348. The number of nitrogens with zero attached hydrogens (tertiary/aromatic N) is 2. The lowest BCUT2D eigenvalue weighted by Gasteiger charge is -2.41. The van der Waals surface area contributed by atoms with Gasteiger partial charge in [-0.15, -0.1) is 0 Å². The quantitative estimate of drug-likeness (QED) is 0.915. The first-order valence-corrected chi connectivity index (χ1v) is 8.82. The Morgan fingerprint density at radius 3 is 2.62 bits per heavy atom. The topological polar surface area (TPSA) is 66.6 Å². The van der Waals surface area contributed by atoms with Crippen LogP contribution >= 0.6 is 0 Å². The molecule has 0 aliphatic carbocycles. The minimum Gasteiger partial charge on any atom is -0.366 e. The largest absolute Gasteiger partial charge is 0.366 e. The number of piperidine rings is 1. The van der Waals surface area contributed by atoms with E-state index >= 15 is 0 Å². The second-order valence-corrected chi connectivity index (χ2v) is 7.99. The zero-order chi connectivity index (χ0) is 15.6. The van der Waals surface area contributed by atoms with Gasteiger partial charge in [0.2, 0.25) is 10.0 Å². The third kappa shape index (κ3) is 3.07. The van der Waals surface area contributed by atoms with Crippen molar-refractivity contribution in [3.8, 4) is 0 Å². The Balaban J connectivity index is 2.49. The van der Waals surface area contributed by atoms with Crippen LogP contribution < -0.4 is 10.6 Å². The molecule has 1 aromatic carbocycles. The standard InChI is InChI=1S/C15H25N3O2S/c1-12-7-6-10-18(14(12)11-16)13-8-4-5-9-15(13)21(19,20)17(2)3/h4-5,8-9,12,14H,6-7,10-11,16H2,1-3H3. The molecular weight excluding hydrogens is 286 g/mol. The van der Waals surface area contributed by atoms with Crippen molar-refractivity contribution in [2.45, 2.75) is 30.7 Å². The molecule has 1 fully saturated rings. The van der Waals surface area contributed by atoms with Crippen molar-refractivity contribution in [3.05, 3.63) is 24.3 Å². The SMILES string of the molecule is CC1CCCN(c2ccccc2S(=O)(=O)N(C)C)C1CN. The molecule has 0 saturated carbocycles. The van der Waals surface area contributed by atoms with Gasteiger partial charge in [-0.3, -0.25) is 0 Å². The molecule has 0 bridgehead atoms. The normalized spacial score (nSPS) is 23.6. The summed E-state index contributed by atoms with van der Waals surface area (Å²) in [4.78, 5) is 2.53. The maximum atomic E-state index is 12.5. The number of benzene rings is 1. The van der Waals surface area contributed by atoms with Crippen molar-refractivity contribution in [1.82, 2.24) is 4.31 Å². The Bertz CT molecular complexity index is 586. The molecule has 1 aliphatic heterocycles. The molecule has 2 rings (SSSR count). The van der Waals surface area contributed by atoms with E-state index in [1.165, 1.54) is 4.31 Å². The molecule has 2 atom stereocenters. The highest BCUT2D eigenvalue weighted by molar-refractivity contribution is 7.89. The molecule has 1 saturated heterocycles. The van der Waals surface area contributed by atoms with E-state index in [0.717, 1.165) is 25.1 Å². The molecule has 0 amide bonds. The fourth-order valence-corrected chi connectivity index (χ4v) is 4.11. The first kappa shape index (κ1) is 16.3. The van der Waals surface area contributed by atoms with Crippen molar-refractivity contribution in [1.29, 1.82) is 0 Å². The highest BCUT2D eigenvalue weighted by Gasteiger charge is 2.31. The van der Waals surface area contributed by atoms with Gasteiger partial charge in [-0.2, -0.15) is 0 Å². The van der Waals surface area contributed by atoms with Crippen LogP contribution in [0.1, 0.15) is 19.8 Å². The maximum Gasteiger partial charge on any atom is 0.244 e. The average Bonchev–Trinajstić information content (AvgIpc) is 2.46. The molecule has 2 unspecified atom stereocenters. The number of anilines is 1. The first-order chi connectivity index (χ1) is 9.89. The van der Waals surface area contributed by atoms with Crippen molar-refractivity contribution >= 4 is 15.7 Å². The van der Waals surface area contributed by atoms with Crippen LogP contribution in [0, 0.1) is 5.92 Å². The Kier molecular flexibility index (Phi) is 4.91. The maximum absolute atomic E-state index is 12.5. The zero-order valence-electron chi connectivity index (χ0n) is 13.0. The van der Waals surface area contributed by atoms with Crippen LogP contribution in [0.2, 0.25) is 0 Å². The number of nitrogens with two attached hydrogens (primary N) is 1. The lowest BCUT2D eigenvalue weighted by atomic mass is 9.90. The Hall–Kier alpha value is -1.11. The van der Waals surface area contributed by atoms with Gasteiger partial charge in [-0.05, 0) is 30.9 Å².